The van der Waals surface area contributed by atoms with Crippen LogP contribution in [0.25, 0.3) is 11.0 Å². The van der Waals surface area contributed by atoms with Crippen molar-refractivity contribution in [3.63, 3.8) is 0 Å². The van der Waals surface area contributed by atoms with E-state index in [1.165, 1.54) is 16.7 Å². The average molecular weight is 471 g/mol. The molecule has 184 valence electrons. The van der Waals surface area contributed by atoms with Crippen LogP contribution in [0.4, 0.5) is 0 Å². The maximum atomic E-state index is 6.42. The van der Waals surface area contributed by atoms with E-state index >= 15 is 0 Å². The molecule has 0 fully saturated rings. The van der Waals surface area contributed by atoms with Gasteiger partial charge >= 0.3 is 0 Å². The van der Waals surface area contributed by atoms with Crippen LogP contribution >= 0.6 is 0 Å². The molecule has 1 aromatic heterocycles. The van der Waals surface area contributed by atoms with Gasteiger partial charge in [-0.15, -0.1) is 0 Å². The molecule has 0 bridgehead atoms. The summed E-state index contributed by atoms with van der Waals surface area (Å²) in [5, 5.41) is 0. The van der Waals surface area contributed by atoms with Crippen molar-refractivity contribution in [3.8, 4) is 11.5 Å². The van der Waals surface area contributed by atoms with Gasteiger partial charge in [0, 0.05) is 6.54 Å². The highest BCUT2D eigenvalue weighted by atomic mass is 16.5. The van der Waals surface area contributed by atoms with Gasteiger partial charge in [-0.3, -0.25) is 0 Å². The van der Waals surface area contributed by atoms with Crippen molar-refractivity contribution in [1.82, 2.24) is 9.55 Å². The Hall–Kier alpha value is -3.27. The molecule has 4 rings (SSSR count). The fourth-order valence-electron chi connectivity index (χ4n) is 4.54. The van der Waals surface area contributed by atoms with E-state index in [9.17, 15) is 0 Å². The SMILES string of the molecule is CCC(Oc1cccc(C)c1)c1nc2ccccc2n1CCCCOc1cc(C)ccc1C(C)C. The third-order valence-corrected chi connectivity index (χ3v) is 6.44. The van der Waals surface area contributed by atoms with Crippen LogP contribution < -0.4 is 9.47 Å². The Morgan fingerprint density at radius 3 is 2.46 bits per heavy atom. The number of rotatable bonds is 11. The van der Waals surface area contributed by atoms with Crippen LogP contribution in [0.5, 0.6) is 11.5 Å². The summed E-state index contributed by atoms with van der Waals surface area (Å²) in [4.78, 5) is 5.00. The van der Waals surface area contributed by atoms with Crippen LogP contribution in [0.3, 0.4) is 0 Å². The highest BCUT2D eigenvalue weighted by Crippen LogP contribution is 2.29. The molecule has 1 atom stereocenters. The van der Waals surface area contributed by atoms with Crippen molar-refractivity contribution < 1.29 is 9.47 Å². The lowest BCUT2D eigenvalue weighted by Crippen LogP contribution is -2.15. The molecule has 0 aliphatic carbocycles. The minimum absolute atomic E-state index is 0.0960. The number of ether oxygens (including phenoxy) is 2. The van der Waals surface area contributed by atoms with Gasteiger partial charge in [-0.05, 0) is 86.1 Å². The second-order valence-electron chi connectivity index (χ2n) is 9.69. The Balaban J connectivity index is 1.46. The second-order valence-corrected chi connectivity index (χ2v) is 9.69. The molecule has 0 N–H and O–H groups in total. The minimum Gasteiger partial charge on any atom is -0.493 e. The van der Waals surface area contributed by atoms with Crippen LogP contribution in [-0.2, 0) is 6.54 Å². The minimum atomic E-state index is -0.0960. The lowest BCUT2D eigenvalue weighted by atomic mass is 10.0. The van der Waals surface area contributed by atoms with Crippen LogP contribution in [0, 0.1) is 13.8 Å². The normalized spacial score (nSPS) is 12.3. The smallest absolute Gasteiger partial charge is 0.156 e. The summed E-state index contributed by atoms with van der Waals surface area (Å²) in [6.45, 7) is 12.4. The third-order valence-electron chi connectivity index (χ3n) is 6.44. The van der Waals surface area contributed by atoms with E-state index in [4.69, 9.17) is 14.5 Å². The van der Waals surface area contributed by atoms with Gasteiger partial charge in [-0.1, -0.05) is 57.2 Å². The summed E-state index contributed by atoms with van der Waals surface area (Å²) in [6, 6.07) is 23.1. The quantitative estimate of drug-likeness (QED) is 0.207. The number of nitrogens with zero attached hydrogens (tertiary/aromatic N) is 2. The number of fused-ring (bicyclic) bond motifs is 1. The van der Waals surface area contributed by atoms with Crippen molar-refractivity contribution >= 4 is 11.0 Å². The summed E-state index contributed by atoms with van der Waals surface area (Å²) < 4.78 is 15.0. The third kappa shape index (κ3) is 6.05. The number of hydrogen-bond acceptors (Lipinski definition) is 3. The number of aromatic nitrogens is 2. The number of imidazole rings is 1. The fraction of sp³-hybridized carbons (Fsp3) is 0.387. The Kier molecular flexibility index (Phi) is 8.12. The Labute approximate surface area is 209 Å². The largest absolute Gasteiger partial charge is 0.493 e. The lowest BCUT2D eigenvalue weighted by molar-refractivity contribution is 0.186. The van der Waals surface area contributed by atoms with E-state index in [0.29, 0.717) is 12.5 Å². The topological polar surface area (TPSA) is 36.3 Å². The van der Waals surface area contributed by atoms with Crippen LogP contribution in [0.1, 0.15) is 74.6 Å². The van der Waals surface area contributed by atoms with Crippen LogP contribution in [0.15, 0.2) is 66.7 Å². The lowest BCUT2D eigenvalue weighted by Gasteiger charge is -2.19. The molecule has 0 amide bonds. The highest BCUT2D eigenvalue weighted by molar-refractivity contribution is 5.76. The molecule has 4 nitrogen and oxygen atoms in total. The van der Waals surface area contributed by atoms with E-state index in [2.05, 4.69) is 87.7 Å². The zero-order chi connectivity index (χ0) is 24.8. The first-order valence-corrected chi connectivity index (χ1v) is 12.9. The molecule has 3 aromatic carbocycles. The van der Waals surface area contributed by atoms with Gasteiger partial charge in [0.05, 0.1) is 17.6 Å². The standard InChI is InChI=1S/C31H38N2O2/c1-6-29(35-25-13-11-12-23(4)20-25)31-32-27-14-7-8-15-28(27)33(31)18-9-10-19-34-30-21-24(5)16-17-26(30)22(2)3/h7-8,11-17,20-22,29H,6,9-10,18-19H2,1-5H3. The number of benzene rings is 3. The van der Waals surface area contributed by atoms with E-state index in [0.717, 1.165) is 54.2 Å². The first-order valence-electron chi connectivity index (χ1n) is 12.9. The molecule has 0 spiro atoms. The number of para-hydroxylation sites is 2. The number of aryl methyl sites for hydroxylation is 3. The maximum Gasteiger partial charge on any atom is 0.156 e. The molecule has 4 aromatic rings. The van der Waals surface area contributed by atoms with Crippen molar-refractivity contribution in [2.24, 2.45) is 0 Å². The summed E-state index contributed by atoms with van der Waals surface area (Å²) >= 11 is 0. The van der Waals surface area contributed by atoms with Crippen molar-refractivity contribution in [2.75, 3.05) is 6.61 Å². The number of unbranched alkanes of at least 4 members (excludes halogenated alkanes) is 1. The fourth-order valence-corrected chi connectivity index (χ4v) is 4.54. The summed E-state index contributed by atoms with van der Waals surface area (Å²) in [6.07, 6.45) is 2.75. The zero-order valence-electron chi connectivity index (χ0n) is 21.8. The molecule has 0 radical (unpaired) electrons. The second kappa shape index (κ2) is 11.4. The predicted octanol–water partition coefficient (Wildman–Crippen LogP) is 8.17. The van der Waals surface area contributed by atoms with Crippen molar-refractivity contribution in [1.29, 1.82) is 0 Å². The first-order chi connectivity index (χ1) is 17.0. The van der Waals surface area contributed by atoms with Crippen LogP contribution in [-0.4, -0.2) is 16.2 Å². The molecule has 0 aliphatic rings. The van der Waals surface area contributed by atoms with E-state index in [1.807, 2.05) is 18.2 Å². The maximum absolute atomic E-state index is 6.42. The van der Waals surface area contributed by atoms with Gasteiger partial charge in [-0.2, -0.15) is 0 Å². The molecular weight excluding hydrogens is 432 g/mol. The van der Waals surface area contributed by atoms with Gasteiger partial charge < -0.3 is 14.0 Å². The summed E-state index contributed by atoms with van der Waals surface area (Å²) in [7, 11) is 0. The van der Waals surface area contributed by atoms with E-state index in [1.54, 1.807) is 0 Å². The number of hydrogen-bond donors (Lipinski definition) is 0. The molecule has 1 heterocycles. The Bertz CT molecular complexity index is 1260. The van der Waals surface area contributed by atoms with Gasteiger partial charge in [0.2, 0.25) is 0 Å². The van der Waals surface area contributed by atoms with E-state index in [-0.39, 0.29) is 6.10 Å². The Morgan fingerprint density at radius 2 is 1.69 bits per heavy atom. The Morgan fingerprint density at radius 1 is 0.886 bits per heavy atom. The molecule has 0 saturated heterocycles. The monoisotopic (exact) mass is 470 g/mol. The highest BCUT2D eigenvalue weighted by Gasteiger charge is 2.20. The summed E-state index contributed by atoms with van der Waals surface area (Å²) in [5.41, 5.74) is 5.89. The van der Waals surface area contributed by atoms with Crippen molar-refractivity contribution in [3.05, 3.63) is 89.2 Å². The molecule has 0 saturated carbocycles. The van der Waals surface area contributed by atoms with Gasteiger partial charge in [-0.25, -0.2) is 4.98 Å². The molecule has 4 heteroatoms. The molecule has 0 aliphatic heterocycles. The zero-order valence-corrected chi connectivity index (χ0v) is 21.8. The first kappa shape index (κ1) is 24.8. The van der Waals surface area contributed by atoms with E-state index < -0.39 is 0 Å². The van der Waals surface area contributed by atoms with Gasteiger partial charge in [0.1, 0.15) is 11.5 Å². The summed E-state index contributed by atoms with van der Waals surface area (Å²) in [5.74, 6) is 3.36. The average Bonchev–Trinajstić information content (AvgIpc) is 3.20. The molecular formula is C31H38N2O2. The van der Waals surface area contributed by atoms with Crippen molar-refractivity contribution in [2.45, 2.75) is 72.4 Å². The van der Waals surface area contributed by atoms with Gasteiger partial charge in [0.15, 0.2) is 11.9 Å². The molecule has 1 unspecified atom stereocenters. The van der Waals surface area contributed by atoms with Gasteiger partial charge in [0.25, 0.3) is 0 Å². The van der Waals surface area contributed by atoms with Crippen LogP contribution in [0.2, 0.25) is 0 Å². The predicted molar refractivity (Wildman–Crippen MR) is 145 cm³/mol. The molecule has 35 heavy (non-hydrogen) atoms.